The van der Waals surface area contributed by atoms with Crippen LogP contribution in [0.3, 0.4) is 0 Å². The van der Waals surface area contributed by atoms with Gasteiger partial charge >= 0.3 is 0 Å². The fraction of sp³-hybridized carbons (Fsp3) is 0.500. The summed E-state index contributed by atoms with van der Waals surface area (Å²) in [6.07, 6.45) is 5.09. The van der Waals surface area contributed by atoms with E-state index in [1.54, 1.807) is 6.92 Å². The van der Waals surface area contributed by atoms with Gasteiger partial charge in [-0.15, -0.1) is 0 Å². The third-order valence-corrected chi connectivity index (χ3v) is 4.08. The first kappa shape index (κ1) is 12.6. The van der Waals surface area contributed by atoms with Gasteiger partial charge in [0.15, 0.2) is 5.78 Å². The molecule has 2 rings (SSSR count). The van der Waals surface area contributed by atoms with Crippen LogP contribution in [0.5, 0.6) is 0 Å². The molecule has 2 nitrogen and oxygen atoms in total. The molecule has 0 amide bonds. The second-order valence-electron chi connectivity index (χ2n) is 4.77. The minimum absolute atomic E-state index is 0.131. The topological polar surface area (TPSA) is 20.3 Å². The van der Waals surface area contributed by atoms with Crippen molar-refractivity contribution in [2.75, 3.05) is 11.9 Å². The van der Waals surface area contributed by atoms with Gasteiger partial charge in [-0.05, 0) is 38.0 Å². The van der Waals surface area contributed by atoms with Crippen LogP contribution >= 0.6 is 15.9 Å². The summed E-state index contributed by atoms with van der Waals surface area (Å²) in [5.41, 5.74) is 1.88. The summed E-state index contributed by atoms with van der Waals surface area (Å²) >= 11 is 3.43. The molecule has 0 aliphatic heterocycles. The molecule has 0 unspecified atom stereocenters. The molecule has 0 heterocycles. The Morgan fingerprint density at radius 1 is 1.35 bits per heavy atom. The number of carbonyl (C=O) groups is 1. The molecule has 17 heavy (non-hydrogen) atoms. The number of nitrogens with zero attached hydrogens (tertiary/aromatic N) is 1. The molecule has 0 radical (unpaired) electrons. The summed E-state index contributed by atoms with van der Waals surface area (Å²) in [6, 6.07) is 6.56. The highest BCUT2D eigenvalue weighted by atomic mass is 79.9. The Balaban J connectivity index is 2.33. The minimum atomic E-state index is 0.131. The Hall–Kier alpha value is -0.830. The third kappa shape index (κ3) is 2.71. The lowest BCUT2D eigenvalue weighted by molar-refractivity contribution is 0.101. The molecule has 1 aliphatic carbocycles. The van der Waals surface area contributed by atoms with Crippen LogP contribution in [0.1, 0.15) is 43.0 Å². The molecule has 0 aromatic heterocycles. The van der Waals surface area contributed by atoms with Gasteiger partial charge in [-0.1, -0.05) is 28.8 Å². The molecule has 0 atom stereocenters. The number of anilines is 1. The van der Waals surface area contributed by atoms with E-state index < -0.39 is 0 Å². The summed E-state index contributed by atoms with van der Waals surface area (Å²) in [5.74, 6) is 0.131. The first-order valence-corrected chi connectivity index (χ1v) is 6.92. The highest BCUT2D eigenvalue weighted by molar-refractivity contribution is 9.10. The lowest BCUT2D eigenvalue weighted by Crippen LogP contribution is -2.30. The molecular formula is C14H18BrNO. The van der Waals surface area contributed by atoms with Crippen LogP contribution in [0.15, 0.2) is 22.7 Å². The number of hydrogen-bond acceptors (Lipinski definition) is 2. The quantitative estimate of drug-likeness (QED) is 0.785. The van der Waals surface area contributed by atoms with E-state index in [0.29, 0.717) is 6.04 Å². The summed E-state index contributed by atoms with van der Waals surface area (Å²) in [5, 5.41) is 0. The predicted molar refractivity (Wildman–Crippen MR) is 74.8 cm³/mol. The molecule has 3 heteroatoms. The highest BCUT2D eigenvalue weighted by Crippen LogP contribution is 2.30. The first-order valence-electron chi connectivity index (χ1n) is 6.13. The van der Waals surface area contributed by atoms with Crippen molar-refractivity contribution in [3.05, 3.63) is 28.2 Å². The molecule has 1 aromatic carbocycles. The van der Waals surface area contributed by atoms with E-state index >= 15 is 0 Å². The lowest BCUT2D eigenvalue weighted by Gasteiger charge is -2.28. The first-order chi connectivity index (χ1) is 8.09. The van der Waals surface area contributed by atoms with Crippen LogP contribution < -0.4 is 4.90 Å². The van der Waals surface area contributed by atoms with Gasteiger partial charge in [0.1, 0.15) is 0 Å². The van der Waals surface area contributed by atoms with Crippen molar-refractivity contribution >= 4 is 27.4 Å². The van der Waals surface area contributed by atoms with E-state index in [0.717, 1.165) is 15.7 Å². The number of rotatable bonds is 3. The number of halogens is 1. The largest absolute Gasteiger partial charge is 0.371 e. The molecule has 0 bridgehead atoms. The van der Waals surface area contributed by atoms with Gasteiger partial charge < -0.3 is 4.90 Å². The SMILES string of the molecule is CC(=O)c1cc(Br)ccc1N(C)C1CCCC1. The minimum Gasteiger partial charge on any atom is -0.371 e. The Bertz CT molecular complexity index is 424. The Labute approximate surface area is 111 Å². The number of ketones is 1. The predicted octanol–water partition coefficient (Wildman–Crippen LogP) is 4.03. The van der Waals surface area contributed by atoms with Crippen molar-refractivity contribution in [2.45, 2.75) is 38.6 Å². The van der Waals surface area contributed by atoms with Crippen LogP contribution in [-0.2, 0) is 0 Å². The fourth-order valence-corrected chi connectivity index (χ4v) is 2.95. The van der Waals surface area contributed by atoms with E-state index in [2.05, 4.69) is 27.9 Å². The number of benzene rings is 1. The van der Waals surface area contributed by atoms with E-state index in [4.69, 9.17) is 0 Å². The summed E-state index contributed by atoms with van der Waals surface area (Å²) < 4.78 is 0.964. The van der Waals surface area contributed by atoms with Crippen molar-refractivity contribution in [3.8, 4) is 0 Å². The molecule has 92 valence electrons. The average molecular weight is 296 g/mol. The van der Waals surface area contributed by atoms with Crippen molar-refractivity contribution < 1.29 is 4.79 Å². The van der Waals surface area contributed by atoms with Crippen molar-refractivity contribution in [2.24, 2.45) is 0 Å². The Kier molecular flexibility index (Phi) is 3.87. The standard InChI is InChI=1S/C14H18BrNO/c1-10(17)13-9-11(15)7-8-14(13)16(2)12-5-3-4-6-12/h7-9,12H,3-6H2,1-2H3. The molecule has 0 N–H and O–H groups in total. The molecular weight excluding hydrogens is 278 g/mol. The highest BCUT2D eigenvalue weighted by Gasteiger charge is 2.22. The number of carbonyl (C=O) groups excluding carboxylic acids is 1. The Morgan fingerprint density at radius 3 is 2.59 bits per heavy atom. The smallest absolute Gasteiger partial charge is 0.161 e. The van der Waals surface area contributed by atoms with Gasteiger partial charge in [0, 0.05) is 28.8 Å². The zero-order chi connectivity index (χ0) is 12.4. The monoisotopic (exact) mass is 295 g/mol. The van der Waals surface area contributed by atoms with Gasteiger partial charge in [0.05, 0.1) is 0 Å². The molecule has 1 saturated carbocycles. The Morgan fingerprint density at radius 2 is 2.00 bits per heavy atom. The summed E-state index contributed by atoms with van der Waals surface area (Å²) in [7, 11) is 2.10. The third-order valence-electron chi connectivity index (χ3n) is 3.59. The van der Waals surface area contributed by atoms with E-state index in [1.807, 2.05) is 18.2 Å². The van der Waals surface area contributed by atoms with Crippen LogP contribution in [0.2, 0.25) is 0 Å². The second kappa shape index (κ2) is 5.21. The number of Topliss-reactive ketones (excluding diaryl/α,β-unsaturated/α-hetero) is 1. The van der Waals surface area contributed by atoms with Crippen LogP contribution in [0, 0.1) is 0 Å². The maximum Gasteiger partial charge on any atom is 0.161 e. The van der Waals surface area contributed by atoms with Crippen molar-refractivity contribution in [3.63, 3.8) is 0 Å². The van der Waals surface area contributed by atoms with E-state index in [1.165, 1.54) is 25.7 Å². The van der Waals surface area contributed by atoms with E-state index in [9.17, 15) is 4.79 Å². The van der Waals surface area contributed by atoms with Crippen molar-refractivity contribution in [1.29, 1.82) is 0 Å². The maximum atomic E-state index is 11.7. The van der Waals surface area contributed by atoms with Gasteiger partial charge in [0.25, 0.3) is 0 Å². The number of hydrogen-bond donors (Lipinski definition) is 0. The average Bonchev–Trinajstić information content (AvgIpc) is 2.81. The summed E-state index contributed by atoms with van der Waals surface area (Å²) in [4.78, 5) is 14.0. The summed E-state index contributed by atoms with van der Waals surface area (Å²) in [6.45, 7) is 1.63. The normalized spacial score (nSPS) is 16.2. The molecule has 1 fully saturated rings. The zero-order valence-electron chi connectivity index (χ0n) is 10.4. The fourth-order valence-electron chi connectivity index (χ4n) is 2.59. The molecule has 0 spiro atoms. The van der Waals surface area contributed by atoms with Crippen molar-refractivity contribution in [1.82, 2.24) is 0 Å². The van der Waals surface area contributed by atoms with Crippen LogP contribution in [0.25, 0.3) is 0 Å². The maximum absolute atomic E-state index is 11.7. The van der Waals surface area contributed by atoms with Crippen LogP contribution in [-0.4, -0.2) is 18.9 Å². The van der Waals surface area contributed by atoms with Gasteiger partial charge in [-0.25, -0.2) is 0 Å². The zero-order valence-corrected chi connectivity index (χ0v) is 12.0. The molecule has 1 aliphatic rings. The van der Waals surface area contributed by atoms with Gasteiger partial charge in [-0.2, -0.15) is 0 Å². The van der Waals surface area contributed by atoms with Crippen LogP contribution in [0.4, 0.5) is 5.69 Å². The second-order valence-corrected chi connectivity index (χ2v) is 5.68. The van der Waals surface area contributed by atoms with E-state index in [-0.39, 0.29) is 5.78 Å². The van der Waals surface area contributed by atoms with Gasteiger partial charge in [0.2, 0.25) is 0 Å². The molecule has 0 saturated heterocycles. The van der Waals surface area contributed by atoms with Gasteiger partial charge in [-0.3, -0.25) is 4.79 Å². The lowest BCUT2D eigenvalue weighted by atomic mass is 10.1. The molecule has 1 aromatic rings.